The van der Waals surface area contributed by atoms with E-state index < -0.39 is 17.2 Å². The number of rotatable bonds is 7. The van der Waals surface area contributed by atoms with Crippen LogP contribution in [-0.4, -0.2) is 27.0 Å². The van der Waals surface area contributed by atoms with E-state index in [-0.39, 0.29) is 25.1 Å². The summed E-state index contributed by atoms with van der Waals surface area (Å²) in [5.74, 6) is -0.640. The van der Waals surface area contributed by atoms with Crippen molar-refractivity contribution < 1.29 is 19.1 Å². The standard InChI is InChI=1S/C40H38N2O4/c1-27-23-32-35(41(27)25-36(43)46-39(2,3)4)24-42(37(32)38(44)45-26-28-15-7-5-8-16-28)40(29-17-9-6-10-18-29)33-21-13-11-19-30(33)31-20-12-14-22-34(31)40/h5-23,37H,24-26H2,1-4H3/t37-/m0/s1. The van der Waals surface area contributed by atoms with E-state index in [1.807, 2.05) is 74.7 Å². The predicted molar refractivity (Wildman–Crippen MR) is 178 cm³/mol. The van der Waals surface area contributed by atoms with Gasteiger partial charge >= 0.3 is 11.9 Å². The van der Waals surface area contributed by atoms with Gasteiger partial charge in [0, 0.05) is 23.5 Å². The predicted octanol–water partition coefficient (Wildman–Crippen LogP) is 7.71. The molecule has 1 aliphatic carbocycles. The second kappa shape index (κ2) is 11.5. The van der Waals surface area contributed by atoms with Crippen LogP contribution in [0.4, 0.5) is 0 Å². The van der Waals surface area contributed by atoms with Crippen LogP contribution in [-0.2, 0) is 44.3 Å². The maximum Gasteiger partial charge on any atom is 0.328 e. The van der Waals surface area contributed by atoms with E-state index >= 15 is 0 Å². The molecule has 0 saturated carbocycles. The molecule has 2 heterocycles. The molecule has 2 aliphatic rings. The smallest absolute Gasteiger partial charge is 0.328 e. The van der Waals surface area contributed by atoms with Gasteiger partial charge in [0.05, 0.1) is 5.54 Å². The highest BCUT2D eigenvalue weighted by atomic mass is 16.6. The first-order valence-electron chi connectivity index (χ1n) is 15.8. The Hall–Kier alpha value is -4.94. The quantitative estimate of drug-likeness (QED) is 0.177. The fraction of sp³-hybridized carbons (Fsp3) is 0.250. The minimum Gasteiger partial charge on any atom is -0.459 e. The van der Waals surface area contributed by atoms with Crippen molar-refractivity contribution in [3.63, 3.8) is 0 Å². The number of aryl methyl sites for hydroxylation is 1. The molecule has 1 aliphatic heterocycles. The Morgan fingerprint density at radius 3 is 1.98 bits per heavy atom. The first-order valence-corrected chi connectivity index (χ1v) is 15.8. The summed E-state index contributed by atoms with van der Waals surface area (Å²) in [6, 6.07) is 38.5. The molecule has 1 atom stereocenters. The van der Waals surface area contributed by atoms with Crippen LogP contribution in [0, 0.1) is 6.92 Å². The van der Waals surface area contributed by atoms with Crippen molar-refractivity contribution in [3.05, 3.63) is 154 Å². The molecule has 0 unspecified atom stereocenters. The molecule has 4 aromatic carbocycles. The minimum absolute atomic E-state index is 0.0591. The Bertz CT molecular complexity index is 1870. The molecule has 0 spiro atoms. The highest BCUT2D eigenvalue weighted by Crippen LogP contribution is 2.58. The number of carbonyl (C=O) groups excluding carboxylic acids is 2. The van der Waals surface area contributed by atoms with Crippen LogP contribution >= 0.6 is 0 Å². The van der Waals surface area contributed by atoms with Gasteiger partial charge in [0.15, 0.2) is 0 Å². The molecule has 1 aromatic heterocycles. The average Bonchev–Trinajstić information content (AvgIpc) is 3.66. The molecule has 0 fully saturated rings. The van der Waals surface area contributed by atoms with Gasteiger partial charge in [0.1, 0.15) is 24.8 Å². The van der Waals surface area contributed by atoms with Crippen molar-refractivity contribution in [1.82, 2.24) is 9.47 Å². The van der Waals surface area contributed by atoms with Crippen LogP contribution in [0.3, 0.4) is 0 Å². The Morgan fingerprint density at radius 2 is 1.37 bits per heavy atom. The van der Waals surface area contributed by atoms with Gasteiger partial charge in [0.25, 0.3) is 0 Å². The van der Waals surface area contributed by atoms with E-state index in [0.29, 0.717) is 6.54 Å². The Morgan fingerprint density at radius 1 is 0.804 bits per heavy atom. The summed E-state index contributed by atoms with van der Waals surface area (Å²) >= 11 is 0. The van der Waals surface area contributed by atoms with Gasteiger partial charge in [-0.25, -0.2) is 4.79 Å². The molecule has 7 rings (SSSR count). The fourth-order valence-electron chi connectivity index (χ4n) is 7.36. The van der Waals surface area contributed by atoms with Gasteiger partial charge in [0.2, 0.25) is 0 Å². The summed E-state index contributed by atoms with van der Waals surface area (Å²) in [4.78, 5) is 30.0. The second-order valence-corrected chi connectivity index (χ2v) is 13.2. The SMILES string of the molecule is Cc1cc2c(n1CC(=O)OC(C)(C)C)CN(C1(c3ccccc3)c3ccccc3-c3ccccc31)[C@@H]2C(=O)OCc1ccccc1. The van der Waals surface area contributed by atoms with E-state index in [4.69, 9.17) is 9.47 Å². The number of benzene rings is 4. The number of esters is 2. The zero-order valence-electron chi connectivity index (χ0n) is 26.7. The number of hydrogen-bond acceptors (Lipinski definition) is 5. The van der Waals surface area contributed by atoms with E-state index in [1.54, 1.807) is 0 Å². The molecular weight excluding hydrogens is 572 g/mol. The van der Waals surface area contributed by atoms with Gasteiger partial charge in [-0.05, 0) is 67.1 Å². The first-order chi connectivity index (χ1) is 22.2. The number of aromatic nitrogens is 1. The Labute approximate surface area is 270 Å². The molecule has 0 amide bonds. The van der Waals surface area contributed by atoms with E-state index in [2.05, 4.69) is 77.7 Å². The van der Waals surface area contributed by atoms with Crippen LogP contribution in [0.15, 0.2) is 115 Å². The third kappa shape index (κ3) is 4.94. The minimum atomic E-state index is -0.797. The van der Waals surface area contributed by atoms with Crippen LogP contribution in [0.1, 0.15) is 66.0 Å². The average molecular weight is 611 g/mol. The number of carbonyl (C=O) groups is 2. The van der Waals surface area contributed by atoms with Crippen molar-refractivity contribution in [3.8, 4) is 11.1 Å². The molecule has 46 heavy (non-hydrogen) atoms. The number of ether oxygens (including phenoxy) is 2. The second-order valence-electron chi connectivity index (χ2n) is 13.2. The maximum absolute atomic E-state index is 14.5. The molecule has 0 radical (unpaired) electrons. The molecule has 6 heteroatoms. The van der Waals surface area contributed by atoms with Crippen molar-refractivity contribution in [2.24, 2.45) is 0 Å². The molecular formula is C40H38N2O4. The summed E-state index contributed by atoms with van der Waals surface area (Å²) in [7, 11) is 0. The third-order valence-electron chi connectivity index (χ3n) is 9.08. The summed E-state index contributed by atoms with van der Waals surface area (Å²) in [5, 5.41) is 0. The highest BCUT2D eigenvalue weighted by Gasteiger charge is 2.56. The van der Waals surface area contributed by atoms with Crippen LogP contribution in [0.25, 0.3) is 11.1 Å². The lowest BCUT2D eigenvalue weighted by molar-refractivity contribution is -0.156. The van der Waals surface area contributed by atoms with Gasteiger partial charge in [-0.1, -0.05) is 109 Å². The lowest BCUT2D eigenvalue weighted by Crippen LogP contribution is -2.48. The largest absolute Gasteiger partial charge is 0.459 e. The van der Waals surface area contributed by atoms with Crippen molar-refractivity contribution in [1.29, 1.82) is 0 Å². The zero-order valence-corrected chi connectivity index (χ0v) is 26.7. The number of nitrogens with zero attached hydrogens (tertiary/aromatic N) is 2. The van der Waals surface area contributed by atoms with Gasteiger partial charge < -0.3 is 14.0 Å². The van der Waals surface area contributed by atoms with Crippen molar-refractivity contribution in [2.75, 3.05) is 0 Å². The lowest BCUT2D eigenvalue weighted by Gasteiger charge is -2.44. The Kier molecular flexibility index (Phi) is 7.41. The fourth-order valence-corrected chi connectivity index (χ4v) is 7.36. The number of fused-ring (bicyclic) bond motifs is 4. The van der Waals surface area contributed by atoms with Gasteiger partial charge in [-0.15, -0.1) is 0 Å². The topological polar surface area (TPSA) is 60.8 Å². The van der Waals surface area contributed by atoms with E-state index in [0.717, 1.165) is 50.3 Å². The summed E-state index contributed by atoms with van der Waals surface area (Å²) < 4.78 is 13.9. The van der Waals surface area contributed by atoms with Crippen LogP contribution in [0.2, 0.25) is 0 Å². The maximum atomic E-state index is 14.5. The molecule has 0 bridgehead atoms. The van der Waals surface area contributed by atoms with Crippen molar-refractivity contribution >= 4 is 11.9 Å². The molecule has 5 aromatic rings. The molecule has 0 N–H and O–H groups in total. The molecule has 232 valence electrons. The highest BCUT2D eigenvalue weighted by molar-refractivity contribution is 5.85. The molecule has 0 saturated heterocycles. The normalized spacial score (nSPS) is 16.4. The molecule has 6 nitrogen and oxygen atoms in total. The zero-order chi connectivity index (χ0) is 32.1. The summed E-state index contributed by atoms with van der Waals surface area (Å²) in [6.45, 7) is 8.25. The monoisotopic (exact) mass is 610 g/mol. The third-order valence-corrected chi connectivity index (χ3v) is 9.08. The summed E-state index contributed by atoms with van der Waals surface area (Å²) in [6.07, 6.45) is 0. The first kappa shape index (κ1) is 29.8. The van der Waals surface area contributed by atoms with Gasteiger partial charge in [-0.2, -0.15) is 0 Å². The summed E-state index contributed by atoms with van der Waals surface area (Å²) in [5.41, 5.74) is 7.77. The van der Waals surface area contributed by atoms with Gasteiger partial charge in [-0.3, -0.25) is 9.69 Å². The van der Waals surface area contributed by atoms with Crippen LogP contribution in [0.5, 0.6) is 0 Å². The van der Waals surface area contributed by atoms with Crippen molar-refractivity contribution in [2.45, 2.75) is 64.6 Å². The van der Waals surface area contributed by atoms with E-state index in [1.165, 1.54) is 0 Å². The van der Waals surface area contributed by atoms with Crippen LogP contribution < -0.4 is 0 Å². The van der Waals surface area contributed by atoms with E-state index in [9.17, 15) is 9.59 Å². The lowest BCUT2D eigenvalue weighted by atomic mass is 9.78. The Balaban J connectivity index is 1.41. The number of hydrogen-bond donors (Lipinski definition) is 0.